The van der Waals surface area contributed by atoms with Crippen LogP contribution >= 0.6 is 0 Å². The van der Waals surface area contributed by atoms with E-state index in [1.807, 2.05) is 12.1 Å². The highest BCUT2D eigenvalue weighted by molar-refractivity contribution is 5.95. The van der Waals surface area contributed by atoms with Gasteiger partial charge in [-0.25, -0.2) is 0 Å². The van der Waals surface area contributed by atoms with Crippen LogP contribution in [0, 0.1) is 0 Å². The molecule has 0 aliphatic heterocycles. The molecule has 2 amide bonds. The van der Waals surface area contributed by atoms with Gasteiger partial charge in [-0.2, -0.15) is 0 Å². The van der Waals surface area contributed by atoms with Crippen molar-refractivity contribution in [3.63, 3.8) is 0 Å². The lowest BCUT2D eigenvalue weighted by atomic mass is 10.2. The van der Waals surface area contributed by atoms with Crippen LogP contribution in [0.5, 0.6) is 0 Å². The lowest BCUT2D eigenvalue weighted by Gasteiger charge is -2.15. The van der Waals surface area contributed by atoms with E-state index in [2.05, 4.69) is 10.9 Å². The van der Waals surface area contributed by atoms with Crippen molar-refractivity contribution in [2.24, 2.45) is 0 Å². The second-order valence-corrected chi connectivity index (χ2v) is 4.62. The topological polar surface area (TPSA) is 74.6 Å². The quantitative estimate of drug-likeness (QED) is 0.810. The Labute approximate surface area is 122 Å². The van der Waals surface area contributed by atoms with Gasteiger partial charge in [-0.05, 0) is 31.3 Å². The van der Waals surface area contributed by atoms with Crippen molar-refractivity contribution in [2.45, 2.75) is 6.54 Å². The zero-order chi connectivity index (χ0) is 15.1. The van der Waals surface area contributed by atoms with E-state index in [9.17, 15) is 9.59 Å². The Morgan fingerprint density at radius 1 is 1.10 bits per heavy atom. The molecule has 110 valence electrons. The van der Waals surface area contributed by atoms with Gasteiger partial charge in [0.15, 0.2) is 0 Å². The van der Waals surface area contributed by atoms with Crippen molar-refractivity contribution in [1.82, 2.24) is 15.8 Å². The largest absolute Gasteiger partial charge is 0.468 e. The lowest BCUT2D eigenvalue weighted by Crippen LogP contribution is -2.45. The van der Waals surface area contributed by atoms with Gasteiger partial charge in [-0.3, -0.25) is 25.3 Å². The molecule has 0 saturated heterocycles. The maximum Gasteiger partial charge on any atom is 0.269 e. The van der Waals surface area contributed by atoms with Crippen molar-refractivity contribution in [2.75, 3.05) is 13.6 Å². The van der Waals surface area contributed by atoms with E-state index in [0.29, 0.717) is 12.1 Å². The van der Waals surface area contributed by atoms with Gasteiger partial charge in [-0.1, -0.05) is 18.2 Å². The molecule has 0 aliphatic rings. The minimum Gasteiger partial charge on any atom is -0.468 e. The predicted molar refractivity (Wildman–Crippen MR) is 77.1 cm³/mol. The number of furan rings is 1. The summed E-state index contributed by atoms with van der Waals surface area (Å²) in [5, 5.41) is 0. The number of carbonyl (C=O) groups is 2. The van der Waals surface area contributed by atoms with Crippen molar-refractivity contribution in [3.8, 4) is 0 Å². The van der Waals surface area contributed by atoms with Crippen molar-refractivity contribution in [1.29, 1.82) is 0 Å². The third-order valence-electron chi connectivity index (χ3n) is 2.77. The van der Waals surface area contributed by atoms with Crippen molar-refractivity contribution < 1.29 is 14.0 Å². The summed E-state index contributed by atoms with van der Waals surface area (Å²) >= 11 is 0. The first kappa shape index (κ1) is 14.8. The van der Waals surface area contributed by atoms with Gasteiger partial charge in [0, 0.05) is 5.56 Å². The smallest absolute Gasteiger partial charge is 0.269 e. The summed E-state index contributed by atoms with van der Waals surface area (Å²) in [6, 6.07) is 12.3. The second-order valence-electron chi connectivity index (χ2n) is 4.62. The first-order valence-electron chi connectivity index (χ1n) is 6.50. The first-order chi connectivity index (χ1) is 10.1. The number of hydrogen-bond donors (Lipinski definition) is 2. The van der Waals surface area contributed by atoms with Crippen LogP contribution in [0.1, 0.15) is 16.1 Å². The summed E-state index contributed by atoms with van der Waals surface area (Å²) in [6.07, 6.45) is 1.59. The molecule has 6 nitrogen and oxygen atoms in total. The molecule has 2 aromatic rings. The van der Waals surface area contributed by atoms with Crippen LogP contribution in [0.2, 0.25) is 0 Å². The van der Waals surface area contributed by atoms with Gasteiger partial charge in [-0.15, -0.1) is 0 Å². The zero-order valence-corrected chi connectivity index (χ0v) is 11.7. The number of hydrazine groups is 1. The summed E-state index contributed by atoms with van der Waals surface area (Å²) in [4.78, 5) is 25.2. The molecule has 0 spiro atoms. The number of hydrogen-bond acceptors (Lipinski definition) is 4. The molecule has 1 aromatic heterocycles. The van der Waals surface area contributed by atoms with E-state index < -0.39 is 0 Å². The van der Waals surface area contributed by atoms with Crippen LogP contribution in [-0.2, 0) is 11.3 Å². The summed E-state index contributed by atoms with van der Waals surface area (Å²) < 4.78 is 5.20. The monoisotopic (exact) mass is 287 g/mol. The molecule has 0 bridgehead atoms. The van der Waals surface area contributed by atoms with E-state index in [1.54, 1.807) is 48.5 Å². The highest BCUT2D eigenvalue weighted by Crippen LogP contribution is 2.03. The standard InChI is InChI=1S/C15H17N3O3/c1-18(10-13-8-5-9-21-13)11-14(19)16-17-15(20)12-6-3-2-4-7-12/h2-9H,10-11H2,1H3,(H,16,19)(H,17,20). The number of nitrogens with zero attached hydrogens (tertiary/aromatic N) is 1. The minimum atomic E-state index is -0.349. The second kappa shape index (κ2) is 7.25. The predicted octanol–water partition coefficient (Wildman–Crippen LogP) is 1.17. The summed E-state index contributed by atoms with van der Waals surface area (Å²) in [7, 11) is 1.79. The Kier molecular flexibility index (Phi) is 5.11. The summed E-state index contributed by atoms with van der Waals surface area (Å²) in [5.41, 5.74) is 5.24. The molecule has 0 atom stereocenters. The van der Waals surface area contributed by atoms with Gasteiger partial charge in [0.05, 0.1) is 19.4 Å². The van der Waals surface area contributed by atoms with Crippen LogP contribution in [0.15, 0.2) is 53.1 Å². The van der Waals surface area contributed by atoms with Crippen LogP contribution in [0.3, 0.4) is 0 Å². The van der Waals surface area contributed by atoms with Crippen LogP contribution < -0.4 is 10.9 Å². The van der Waals surface area contributed by atoms with E-state index in [0.717, 1.165) is 5.76 Å². The van der Waals surface area contributed by atoms with Crippen molar-refractivity contribution >= 4 is 11.8 Å². The van der Waals surface area contributed by atoms with Crippen LogP contribution in [0.4, 0.5) is 0 Å². The fraction of sp³-hybridized carbons (Fsp3) is 0.200. The molecule has 1 heterocycles. The average molecular weight is 287 g/mol. The molecule has 21 heavy (non-hydrogen) atoms. The van der Waals surface area contributed by atoms with Gasteiger partial charge in [0.2, 0.25) is 0 Å². The maximum atomic E-state index is 11.7. The number of amides is 2. The summed E-state index contributed by atoms with van der Waals surface area (Å²) in [5.74, 6) is 0.129. The van der Waals surface area contributed by atoms with Crippen molar-refractivity contribution in [3.05, 3.63) is 60.1 Å². The SMILES string of the molecule is CN(CC(=O)NNC(=O)c1ccccc1)Cc1ccco1. The molecule has 6 heteroatoms. The summed E-state index contributed by atoms with van der Waals surface area (Å²) in [6.45, 7) is 0.669. The maximum absolute atomic E-state index is 11.7. The third-order valence-corrected chi connectivity index (χ3v) is 2.77. The lowest BCUT2D eigenvalue weighted by molar-refractivity contribution is -0.122. The first-order valence-corrected chi connectivity index (χ1v) is 6.50. The Bertz CT molecular complexity index is 581. The molecule has 0 unspecified atom stereocenters. The average Bonchev–Trinajstić information content (AvgIpc) is 2.98. The number of rotatable bonds is 5. The van der Waals surface area contributed by atoms with E-state index in [1.165, 1.54) is 0 Å². The molecule has 0 radical (unpaired) electrons. The Morgan fingerprint density at radius 3 is 2.52 bits per heavy atom. The molecular formula is C15H17N3O3. The van der Waals surface area contributed by atoms with Crippen LogP contribution in [0.25, 0.3) is 0 Å². The fourth-order valence-corrected chi connectivity index (χ4v) is 1.80. The molecule has 0 fully saturated rings. The molecule has 1 aromatic carbocycles. The highest BCUT2D eigenvalue weighted by atomic mass is 16.3. The third kappa shape index (κ3) is 4.77. The van der Waals surface area contributed by atoms with Gasteiger partial charge in [0.1, 0.15) is 5.76 Å². The Balaban J connectivity index is 1.73. The van der Waals surface area contributed by atoms with E-state index >= 15 is 0 Å². The van der Waals surface area contributed by atoms with Crippen LogP contribution in [-0.4, -0.2) is 30.3 Å². The molecular weight excluding hydrogens is 270 g/mol. The number of benzene rings is 1. The zero-order valence-electron chi connectivity index (χ0n) is 11.7. The number of likely N-dealkylation sites (N-methyl/N-ethyl adjacent to an activating group) is 1. The number of carbonyl (C=O) groups excluding carboxylic acids is 2. The normalized spacial score (nSPS) is 10.4. The molecule has 0 aliphatic carbocycles. The van der Waals surface area contributed by atoms with E-state index in [-0.39, 0.29) is 18.4 Å². The molecule has 2 rings (SSSR count). The van der Waals surface area contributed by atoms with Gasteiger partial charge >= 0.3 is 0 Å². The minimum absolute atomic E-state index is 0.149. The molecule has 2 N–H and O–H groups in total. The Hall–Kier alpha value is -2.60. The molecule has 0 saturated carbocycles. The van der Waals surface area contributed by atoms with Gasteiger partial charge < -0.3 is 4.42 Å². The number of nitrogens with one attached hydrogen (secondary N) is 2. The highest BCUT2D eigenvalue weighted by Gasteiger charge is 2.10. The van der Waals surface area contributed by atoms with Gasteiger partial charge in [0.25, 0.3) is 11.8 Å². The fourth-order valence-electron chi connectivity index (χ4n) is 1.80. The Morgan fingerprint density at radius 2 is 1.86 bits per heavy atom. The van der Waals surface area contributed by atoms with E-state index in [4.69, 9.17) is 4.42 Å².